The Balaban J connectivity index is 2.21. The molecular weight excluding hydrogens is 260 g/mol. The number of nitrogens with zero attached hydrogens (tertiary/aromatic N) is 2. The molecule has 2 rings (SSSR count). The quantitative estimate of drug-likeness (QED) is 0.911. The van der Waals surface area contributed by atoms with Gasteiger partial charge in [0.25, 0.3) is 0 Å². The Bertz CT molecular complexity index is 568. The predicted octanol–water partition coefficient (Wildman–Crippen LogP) is 3.20. The molecule has 0 spiro atoms. The smallest absolute Gasteiger partial charge is 0.152 e. The van der Waals surface area contributed by atoms with Gasteiger partial charge in [-0.1, -0.05) is 13.8 Å². The van der Waals surface area contributed by atoms with Gasteiger partial charge in [-0.05, 0) is 43.1 Å². The molecule has 5 heteroatoms. The number of hydrogen-bond donors (Lipinski definition) is 1. The lowest BCUT2D eigenvalue weighted by Crippen LogP contribution is -2.19. The van der Waals surface area contributed by atoms with Crippen LogP contribution in [0.5, 0.6) is 0 Å². The minimum atomic E-state index is -0.602. The molecule has 2 aromatic rings. The van der Waals surface area contributed by atoms with Crippen molar-refractivity contribution in [2.45, 2.75) is 27.3 Å². The fraction of sp³-hybridized carbons (Fsp3) is 0.400. The normalized spacial score (nSPS) is 11.3. The third-order valence-corrected chi connectivity index (χ3v) is 2.91. The Morgan fingerprint density at radius 1 is 1.25 bits per heavy atom. The van der Waals surface area contributed by atoms with Gasteiger partial charge in [-0.2, -0.15) is 5.10 Å². The van der Waals surface area contributed by atoms with E-state index in [1.165, 1.54) is 16.8 Å². The van der Waals surface area contributed by atoms with Crippen molar-refractivity contribution in [2.75, 3.05) is 6.54 Å². The number of halogens is 2. The molecule has 1 aromatic heterocycles. The maximum atomic E-state index is 14.1. The van der Waals surface area contributed by atoms with E-state index in [4.69, 9.17) is 0 Å². The Morgan fingerprint density at radius 2 is 1.90 bits per heavy atom. The maximum absolute atomic E-state index is 14.1. The molecular formula is C15H19F2N3. The zero-order valence-electron chi connectivity index (χ0n) is 12.0. The maximum Gasteiger partial charge on any atom is 0.152 e. The van der Waals surface area contributed by atoms with Gasteiger partial charge in [0.1, 0.15) is 5.69 Å². The lowest BCUT2D eigenvalue weighted by atomic mass is 10.1. The first-order valence-electron chi connectivity index (χ1n) is 6.68. The minimum absolute atomic E-state index is 0.134. The highest BCUT2D eigenvalue weighted by Gasteiger charge is 2.14. The second-order valence-electron chi connectivity index (χ2n) is 5.33. The largest absolute Gasteiger partial charge is 0.312 e. The van der Waals surface area contributed by atoms with Crippen LogP contribution >= 0.6 is 0 Å². The van der Waals surface area contributed by atoms with Crippen LogP contribution in [-0.2, 0) is 6.54 Å². The molecule has 0 unspecified atom stereocenters. The van der Waals surface area contributed by atoms with Crippen molar-refractivity contribution >= 4 is 0 Å². The third kappa shape index (κ3) is 3.42. The number of nitrogens with one attached hydrogen (secondary N) is 1. The summed E-state index contributed by atoms with van der Waals surface area (Å²) >= 11 is 0. The van der Waals surface area contributed by atoms with Gasteiger partial charge in [0.05, 0.1) is 5.69 Å². The van der Waals surface area contributed by atoms with Gasteiger partial charge >= 0.3 is 0 Å². The van der Waals surface area contributed by atoms with E-state index in [-0.39, 0.29) is 5.69 Å². The monoisotopic (exact) mass is 279 g/mol. The molecule has 0 aliphatic rings. The second kappa shape index (κ2) is 6.13. The lowest BCUT2D eigenvalue weighted by molar-refractivity contribution is 0.537. The summed E-state index contributed by atoms with van der Waals surface area (Å²) in [5, 5.41) is 7.20. The highest BCUT2D eigenvalue weighted by molar-refractivity contribution is 5.37. The standard InChI is InChI=1S/C15H19F2N3/c1-10(2)8-18-9-12-6-13(16)15(14(17)7-12)20-5-4-11(3)19-20/h4-7,10,18H,8-9H2,1-3H3. The van der Waals surface area contributed by atoms with E-state index in [9.17, 15) is 8.78 Å². The van der Waals surface area contributed by atoms with Crippen LogP contribution in [0.2, 0.25) is 0 Å². The van der Waals surface area contributed by atoms with Crippen LogP contribution in [0, 0.1) is 24.5 Å². The average Bonchev–Trinajstić information content (AvgIpc) is 2.74. The van der Waals surface area contributed by atoms with E-state index in [0.29, 0.717) is 23.7 Å². The molecule has 3 nitrogen and oxygen atoms in total. The summed E-state index contributed by atoms with van der Waals surface area (Å²) in [6, 6.07) is 4.41. The molecule has 0 amide bonds. The van der Waals surface area contributed by atoms with Crippen molar-refractivity contribution in [2.24, 2.45) is 5.92 Å². The van der Waals surface area contributed by atoms with Crippen molar-refractivity contribution in [3.63, 3.8) is 0 Å². The molecule has 0 saturated heterocycles. The van der Waals surface area contributed by atoms with Gasteiger partial charge in [-0.15, -0.1) is 0 Å². The van der Waals surface area contributed by atoms with Crippen molar-refractivity contribution in [1.29, 1.82) is 0 Å². The van der Waals surface area contributed by atoms with Gasteiger partial charge in [-0.25, -0.2) is 13.5 Å². The Labute approximate surface area is 117 Å². The molecule has 108 valence electrons. The number of rotatable bonds is 5. The minimum Gasteiger partial charge on any atom is -0.312 e. The molecule has 0 radical (unpaired) electrons. The first-order valence-corrected chi connectivity index (χ1v) is 6.68. The molecule has 0 fully saturated rings. The van der Waals surface area contributed by atoms with Crippen LogP contribution < -0.4 is 5.32 Å². The Kier molecular flexibility index (Phi) is 4.49. The molecule has 20 heavy (non-hydrogen) atoms. The Hall–Kier alpha value is -1.75. The molecule has 0 aliphatic heterocycles. The van der Waals surface area contributed by atoms with E-state index >= 15 is 0 Å². The van der Waals surface area contributed by atoms with Crippen LogP contribution in [-0.4, -0.2) is 16.3 Å². The third-order valence-electron chi connectivity index (χ3n) is 2.91. The number of aryl methyl sites for hydroxylation is 1. The molecule has 1 aromatic carbocycles. The number of benzene rings is 1. The van der Waals surface area contributed by atoms with E-state index in [0.717, 1.165) is 6.54 Å². The first-order chi connectivity index (χ1) is 9.47. The molecule has 0 aliphatic carbocycles. The number of aromatic nitrogens is 2. The van der Waals surface area contributed by atoms with Crippen molar-refractivity contribution < 1.29 is 8.78 Å². The fourth-order valence-corrected chi connectivity index (χ4v) is 1.98. The van der Waals surface area contributed by atoms with Gasteiger partial charge in [-0.3, -0.25) is 0 Å². The fourth-order valence-electron chi connectivity index (χ4n) is 1.98. The van der Waals surface area contributed by atoms with E-state index in [1.54, 1.807) is 19.2 Å². The summed E-state index contributed by atoms with van der Waals surface area (Å²) in [7, 11) is 0. The van der Waals surface area contributed by atoms with Gasteiger partial charge in [0.15, 0.2) is 11.6 Å². The number of hydrogen-bond acceptors (Lipinski definition) is 2. The van der Waals surface area contributed by atoms with E-state index in [1.807, 2.05) is 0 Å². The first kappa shape index (κ1) is 14.7. The highest BCUT2D eigenvalue weighted by atomic mass is 19.1. The summed E-state index contributed by atoms with van der Waals surface area (Å²) in [6.45, 7) is 7.19. The van der Waals surface area contributed by atoms with Crippen molar-refractivity contribution in [1.82, 2.24) is 15.1 Å². The zero-order chi connectivity index (χ0) is 14.7. The highest BCUT2D eigenvalue weighted by Crippen LogP contribution is 2.19. The van der Waals surface area contributed by atoms with Crippen LogP contribution in [0.1, 0.15) is 25.1 Å². The van der Waals surface area contributed by atoms with Crippen molar-refractivity contribution in [3.8, 4) is 5.69 Å². The SMILES string of the molecule is Cc1ccn(-c2c(F)cc(CNCC(C)C)cc2F)n1. The van der Waals surface area contributed by atoms with Gasteiger partial charge in [0, 0.05) is 12.7 Å². The lowest BCUT2D eigenvalue weighted by Gasteiger charge is -2.10. The van der Waals surface area contributed by atoms with Gasteiger partial charge < -0.3 is 5.32 Å². The van der Waals surface area contributed by atoms with Crippen LogP contribution in [0.25, 0.3) is 5.69 Å². The summed E-state index contributed by atoms with van der Waals surface area (Å²) in [5.74, 6) is -0.708. The van der Waals surface area contributed by atoms with E-state index in [2.05, 4.69) is 24.3 Å². The van der Waals surface area contributed by atoms with Crippen LogP contribution in [0.15, 0.2) is 24.4 Å². The zero-order valence-corrected chi connectivity index (χ0v) is 12.0. The molecule has 0 bridgehead atoms. The molecule has 1 N–H and O–H groups in total. The van der Waals surface area contributed by atoms with Crippen LogP contribution in [0.4, 0.5) is 8.78 Å². The molecule has 1 heterocycles. The molecule has 0 atom stereocenters. The average molecular weight is 279 g/mol. The Morgan fingerprint density at radius 3 is 2.40 bits per heavy atom. The summed E-state index contributed by atoms with van der Waals surface area (Å²) in [4.78, 5) is 0. The van der Waals surface area contributed by atoms with Crippen LogP contribution in [0.3, 0.4) is 0 Å². The van der Waals surface area contributed by atoms with E-state index < -0.39 is 11.6 Å². The molecule has 0 saturated carbocycles. The van der Waals surface area contributed by atoms with Crippen molar-refractivity contribution in [3.05, 3.63) is 47.3 Å². The summed E-state index contributed by atoms with van der Waals surface area (Å²) in [5.41, 5.74) is 1.17. The summed E-state index contributed by atoms with van der Waals surface area (Å²) in [6.07, 6.45) is 1.55. The predicted molar refractivity (Wildman–Crippen MR) is 74.8 cm³/mol. The topological polar surface area (TPSA) is 29.9 Å². The van der Waals surface area contributed by atoms with Gasteiger partial charge in [0.2, 0.25) is 0 Å². The summed E-state index contributed by atoms with van der Waals surface area (Å²) < 4.78 is 29.4. The second-order valence-corrected chi connectivity index (χ2v) is 5.33.